The Morgan fingerprint density at radius 2 is 1.96 bits per heavy atom. The fourth-order valence-corrected chi connectivity index (χ4v) is 4.18. The number of halogens is 2. The van der Waals surface area contributed by atoms with Crippen molar-refractivity contribution < 1.29 is 4.39 Å². The minimum absolute atomic E-state index is 0.239. The quantitative estimate of drug-likeness (QED) is 0.701. The van der Waals surface area contributed by atoms with Crippen molar-refractivity contribution in [2.24, 2.45) is 0 Å². The van der Waals surface area contributed by atoms with Gasteiger partial charge in [-0.25, -0.2) is 9.37 Å². The van der Waals surface area contributed by atoms with Crippen molar-refractivity contribution in [3.63, 3.8) is 0 Å². The average Bonchev–Trinajstić information content (AvgIpc) is 2.81. The van der Waals surface area contributed by atoms with Crippen LogP contribution in [0.4, 0.5) is 10.2 Å². The monoisotopic (exact) mass is 362 g/mol. The highest BCUT2D eigenvalue weighted by atomic mass is 35.5. The number of rotatable bonds is 2. The lowest BCUT2D eigenvalue weighted by Crippen LogP contribution is -2.28. The van der Waals surface area contributed by atoms with Crippen LogP contribution in [0, 0.1) is 5.82 Å². The number of anilines is 1. The number of hydrogen-bond acceptors (Lipinski definition) is 5. The fraction of sp³-hybridized carbons (Fsp3) is 0.294. The molecule has 0 saturated carbocycles. The first-order chi connectivity index (χ1) is 11.7. The maximum Gasteiger partial charge on any atom is 0.225 e. The molecule has 1 N–H and O–H groups in total. The minimum atomic E-state index is -0.239. The van der Waals surface area contributed by atoms with Gasteiger partial charge in [0.2, 0.25) is 5.28 Å². The van der Waals surface area contributed by atoms with Crippen molar-refractivity contribution in [2.45, 2.75) is 6.42 Å². The van der Waals surface area contributed by atoms with Crippen molar-refractivity contribution in [3.8, 4) is 11.1 Å². The molecule has 0 atom stereocenters. The molecule has 1 aliphatic rings. The number of hydrogen-bond donors (Lipinski definition) is 1. The second-order valence-electron chi connectivity index (χ2n) is 5.74. The van der Waals surface area contributed by atoms with Gasteiger partial charge in [-0.15, -0.1) is 11.3 Å². The van der Waals surface area contributed by atoms with Crippen molar-refractivity contribution in [2.75, 3.05) is 31.1 Å². The molecule has 7 heteroatoms. The van der Waals surface area contributed by atoms with Crippen LogP contribution in [0.3, 0.4) is 0 Å². The second kappa shape index (κ2) is 6.63. The first-order valence-electron chi connectivity index (χ1n) is 7.89. The molecule has 1 aromatic carbocycles. The van der Waals surface area contributed by atoms with E-state index in [0.717, 1.165) is 59.8 Å². The van der Waals surface area contributed by atoms with Crippen LogP contribution in [0.2, 0.25) is 5.28 Å². The molecule has 24 heavy (non-hydrogen) atoms. The SMILES string of the molecule is Fc1ccc(-c2csc3nc(Cl)nc(N4CCCNCC4)c23)cc1. The summed E-state index contributed by atoms with van der Waals surface area (Å²) in [6, 6.07) is 6.54. The van der Waals surface area contributed by atoms with E-state index in [9.17, 15) is 4.39 Å². The van der Waals surface area contributed by atoms with E-state index in [4.69, 9.17) is 11.6 Å². The molecule has 0 unspecified atom stereocenters. The highest BCUT2D eigenvalue weighted by molar-refractivity contribution is 7.17. The molecule has 1 aliphatic heterocycles. The summed E-state index contributed by atoms with van der Waals surface area (Å²) >= 11 is 7.69. The molecule has 0 spiro atoms. The van der Waals surface area contributed by atoms with Gasteiger partial charge < -0.3 is 10.2 Å². The topological polar surface area (TPSA) is 41.1 Å². The third kappa shape index (κ3) is 2.97. The smallest absolute Gasteiger partial charge is 0.225 e. The maximum atomic E-state index is 13.3. The van der Waals surface area contributed by atoms with Gasteiger partial charge >= 0.3 is 0 Å². The molecule has 0 bridgehead atoms. The van der Waals surface area contributed by atoms with E-state index in [1.54, 1.807) is 12.1 Å². The number of thiophene rings is 1. The molecular formula is C17H16ClFN4S. The zero-order valence-electron chi connectivity index (χ0n) is 12.9. The Labute approximate surface area is 148 Å². The zero-order valence-corrected chi connectivity index (χ0v) is 14.5. The summed E-state index contributed by atoms with van der Waals surface area (Å²) in [7, 11) is 0. The van der Waals surface area contributed by atoms with Gasteiger partial charge in [-0.2, -0.15) is 4.98 Å². The van der Waals surface area contributed by atoms with Gasteiger partial charge in [0.1, 0.15) is 16.5 Å². The van der Waals surface area contributed by atoms with Gasteiger partial charge in [0.25, 0.3) is 0 Å². The van der Waals surface area contributed by atoms with Crippen molar-refractivity contribution >= 4 is 39.0 Å². The lowest BCUT2D eigenvalue weighted by atomic mass is 10.1. The summed E-state index contributed by atoms with van der Waals surface area (Å²) in [4.78, 5) is 12.0. The fourth-order valence-electron chi connectivity index (χ4n) is 3.03. The Morgan fingerprint density at radius 3 is 2.79 bits per heavy atom. The summed E-state index contributed by atoms with van der Waals surface area (Å²) in [5.41, 5.74) is 1.99. The first kappa shape index (κ1) is 15.7. The van der Waals surface area contributed by atoms with E-state index in [1.807, 2.05) is 5.38 Å². The molecule has 0 amide bonds. The van der Waals surface area contributed by atoms with E-state index in [-0.39, 0.29) is 11.1 Å². The number of aromatic nitrogens is 2. The van der Waals surface area contributed by atoms with Crippen LogP contribution in [0.25, 0.3) is 21.3 Å². The molecule has 4 nitrogen and oxygen atoms in total. The summed E-state index contributed by atoms with van der Waals surface area (Å²) in [5.74, 6) is 0.630. The van der Waals surface area contributed by atoms with Crippen LogP contribution >= 0.6 is 22.9 Å². The van der Waals surface area contributed by atoms with E-state index in [1.165, 1.54) is 23.5 Å². The number of nitrogens with one attached hydrogen (secondary N) is 1. The molecule has 4 rings (SSSR count). The molecule has 3 aromatic rings. The highest BCUT2D eigenvalue weighted by Gasteiger charge is 2.20. The van der Waals surface area contributed by atoms with E-state index < -0.39 is 0 Å². The predicted molar refractivity (Wildman–Crippen MR) is 97.5 cm³/mol. The second-order valence-corrected chi connectivity index (χ2v) is 6.94. The molecular weight excluding hydrogens is 347 g/mol. The Kier molecular flexibility index (Phi) is 4.35. The third-order valence-corrected chi connectivity index (χ3v) is 5.22. The zero-order chi connectivity index (χ0) is 16.5. The molecule has 2 aromatic heterocycles. The highest BCUT2D eigenvalue weighted by Crippen LogP contribution is 2.39. The van der Waals surface area contributed by atoms with Gasteiger partial charge in [0, 0.05) is 30.6 Å². The largest absolute Gasteiger partial charge is 0.355 e. The van der Waals surface area contributed by atoms with Gasteiger partial charge in [-0.05, 0) is 42.3 Å². The van der Waals surface area contributed by atoms with Crippen molar-refractivity contribution in [1.29, 1.82) is 0 Å². The number of fused-ring (bicyclic) bond motifs is 1. The lowest BCUT2D eigenvalue weighted by molar-refractivity contribution is 0.628. The molecule has 124 valence electrons. The molecule has 3 heterocycles. The van der Waals surface area contributed by atoms with Crippen molar-refractivity contribution in [3.05, 3.63) is 40.7 Å². The van der Waals surface area contributed by atoms with Crippen LogP contribution in [0.5, 0.6) is 0 Å². The summed E-state index contributed by atoms with van der Waals surface area (Å²) in [6.07, 6.45) is 1.05. The predicted octanol–water partition coefficient (Wildman–Crippen LogP) is 3.95. The number of nitrogens with zero attached hydrogens (tertiary/aromatic N) is 3. The summed E-state index contributed by atoms with van der Waals surface area (Å²) < 4.78 is 13.3. The van der Waals surface area contributed by atoms with Crippen LogP contribution in [-0.2, 0) is 0 Å². The molecule has 0 aliphatic carbocycles. The minimum Gasteiger partial charge on any atom is -0.355 e. The molecule has 1 fully saturated rings. The van der Waals surface area contributed by atoms with E-state index in [0.29, 0.717) is 0 Å². The maximum absolute atomic E-state index is 13.3. The van der Waals surface area contributed by atoms with Gasteiger partial charge in [-0.3, -0.25) is 0 Å². The Morgan fingerprint density at radius 1 is 1.12 bits per heavy atom. The van der Waals surface area contributed by atoms with Crippen LogP contribution in [0.15, 0.2) is 29.6 Å². The van der Waals surface area contributed by atoms with E-state index >= 15 is 0 Å². The third-order valence-electron chi connectivity index (χ3n) is 4.18. The Bertz CT molecular complexity index is 857. The van der Waals surface area contributed by atoms with E-state index in [2.05, 4.69) is 20.2 Å². The van der Waals surface area contributed by atoms with Gasteiger partial charge in [0.15, 0.2) is 0 Å². The van der Waals surface area contributed by atoms with Gasteiger partial charge in [0.05, 0.1) is 5.39 Å². The van der Waals surface area contributed by atoms with Crippen LogP contribution in [-0.4, -0.2) is 36.1 Å². The summed E-state index contributed by atoms with van der Waals surface area (Å²) in [6.45, 7) is 3.72. The Hall–Kier alpha value is -1.76. The summed E-state index contributed by atoms with van der Waals surface area (Å²) in [5, 5.41) is 6.71. The first-order valence-corrected chi connectivity index (χ1v) is 9.14. The standard InChI is InChI=1S/C17H16ClFN4S/c18-17-21-15(23-8-1-6-20-7-9-23)14-13(10-24-16(14)22-17)11-2-4-12(19)5-3-11/h2-5,10,20H,1,6-9H2. The Balaban J connectivity index is 1.88. The van der Waals surface area contributed by atoms with Crippen molar-refractivity contribution in [1.82, 2.24) is 15.3 Å². The average molecular weight is 363 g/mol. The van der Waals surface area contributed by atoms with Gasteiger partial charge in [-0.1, -0.05) is 12.1 Å². The molecule has 0 radical (unpaired) electrons. The number of benzene rings is 1. The molecule has 1 saturated heterocycles. The lowest BCUT2D eigenvalue weighted by Gasteiger charge is -2.22. The van der Waals surface area contributed by atoms with Crippen LogP contribution in [0.1, 0.15) is 6.42 Å². The normalized spacial score (nSPS) is 15.7. The van der Waals surface area contributed by atoms with Crippen LogP contribution < -0.4 is 10.2 Å².